The van der Waals surface area contributed by atoms with Crippen LogP contribution in [0, 0.1) is 6.92 Å². The van der Waals surface area contributed by atoms with Crippen molar-refractivity contribution in [3.63, 3.8) is 0 Å². The van der Waals surface area contributed by atoms with Gasteiger partial charge in [-0.1, -0.05) is 0 Å². The van der Waals surface area contributed by atoms with E-state index in [9.17, 15) is 13.2 Å². The van der Waals surface area contributed by atoms with Crippen LogP contribution in [0.1, 0.15) is 5.69 Å². The van der Waals surface area contributed by atoms with Gasteiger partial charge in [0.05, 0.1) is 21.4 Å². The van der Waals surface area contributed by atoms with Gasteiger partial charge in [-0.25, -0.2) is 0 Å². The van der Waals surface area contributed by atoms with Crippen molar-refractivity contribution in [2.45, 2.75) is 13.3 Å². The van der Waals surface area contributed by atoms with E-state index in [1.807, 2.05) is 0 Å². The summed E-state index contributed by atoms with van der Waals surface area (Å²) in [6.07, 6.45) is -4.72. The molecule has 0 saturated heterocycles. The van der Waals surface area contributed by atoms with Gasteiger partial charge in [0.15, 0.2) is 0 Å². The predicted octanol–water partition coefficient (Wildman–Crippen LogP) is 3.79. The van der Waals surface area contributed by atoms with E-state index in [4.69, 9.17) is 5.73 Å². The van der Waals surface area contributed by atoms with E-state index in [0.717, 1.165) is 0 Å². The molecular weight excluding hydrogens is 313 g/mol. The Morgan fingerprint density at radius 2 is 2.00 bits per heavy atom. The number of pyridine rings is 1. The number of benzene rings is 1. The van der Waals surface area contributed by atoms with Gasteiger partial charge in [0.25, 0.3) is 0 Å². The maximum Gasteiger partial charge on any atom is 0.573 e. The molecule has 2 aromatic rings. The highest BCUT2D eigenvalue weighted by molar-refractivity contribution is 9.10. The maximum atomic E-state index is 12.1. The van der Waals surface area contributed by atoms with E-state index in [1.165, 1.54) is 18.2 Å². The van der Waals surface area contributed by atoms with Crippen molar-refractivity contribution >= 4 is 32.5 Å². The zero-order valence-electron chi connectivity index (χ0n) is 9.18. The van der Waals surface area contributed by atoms with Crippen LogP contribution in [0.5, 0.6) is 5.75 Å². The van der Waals surface area contributed by atoms with Crippen molar-refractivity contribution in [3.05, 3.63) is 28.4 Å². The lowest BCUT2D eigenvalue weighted by molar-refractivity contribution is -0.274. The third-order valence-corrected chi connectivity index (χ3v) is 3.34. The van der Waals surface area contributed by atoms with E-state index < -0.39 is 6.36 Å². The van der Waals surface area contributed by atoms with E-state index in [1.54, 1.807) is 6.92 Å². The summed E-state index contributed by atoms with van der Waals surface area (Å²) in [7, 11) is 0. The Kier molecular flexibility index (Phi) is 3.10. The SMILES string of the molecule is Cc1nc2ccc(OC(F)(F)F)cc2c(N)c1Br. The Hall–Kier alpha value is -1.50. The van der Waals surface area contributed by atoms with Crippen molar-refractivity contribution in [1.29, 1.82) is 0 Å². The maximum absolute atomic E-state index is 12.1. The summed E-state index contributed by atoms with van der Waals surface area (Å²) in [6, 6.07) is 3.86. The zero-order chi connectivity index (χ0) is 13.5. The topological polar surface area (TPSA) is 48.1 Å². The fraction of sp³-hybridized carbons (Fsp3) is 0.182. The molecule has 0 atom stereocenters. The zero-order valence-corrected chi connectivity index (χ0v) is 10.8. The number of aryl methyl sites for hydroxylation is 1. The Bertz CT molecular complexity index is 613. The van der Waals surface area contributed by atoms with Crippen LogP contribution < -0.4 is 10.5 Å². The number of anilines is 1. The summed E-state index contributed by atoms with van der Waals surface area (Å²) in [4.78, 5) is 4.21. The van der Waals surface area contributed by atoms with Gasteiger partial charge in [0.2, 0.25) is 0 Å². The van der Waals surface area contributed by atoms with E-state index in [-0.39, 0.29) is 5.75 Å². The lowest BCUT2D eigenvalue weighted by atomic mass is 10.1. The average Bonchev–Trinajstić information content (AvgIpc) is 2.25. The Morgan fingerprint density at radius 3 is 2.61 bits per heavy atom. The molecule has 3 nitrogen and oxygen atoms in total. The smallest absolute Gasteiger partial charge is 0.406 e. The standard InChI is InChI=1S/C11H8BrF3N2O/c1-5-9(12)10(16)7-4-6(18-11(13,14)15)2-3-8(7)17-5/h2-4H,1H3,(H2,16,17). The second-order valence-corrected chi connectivity index (χ2v) is 4.44. The third kappa shape index (κ3) is 2.50. The van der Waals surface area contributed by atoms with Crippen LogP contribution >= 0.6 is 15.9 Å². The van der Waals surface area contributed by atoms with Crippen LogP contribution in [0.3, 0.4) is 0 Å². The highest BCUT2D eigenvalue weighted by Crippen LogP contribution is 2.33. The van der Waals surface area contributed by atoms with E-state index in [2.05, 4.69) is 25.7 Å². The van der Waals surface area contributed by atoms with Gasteiger partial charge in [-0.3, -0.25) is 4.98 Å². The number of ether oxygens (including phenoxy) is 1. The van der Waals surface area contributed by atoms with E-state index in [0.29, 0.717) is 26.8 Å². The average molecular weight is 321 g/mol. The van der Waals surface area contributed by atoms with Gasteiger partial charge >= 0.3 is 6.36 Å². The van der Waals surface area contributed by atoms with E-state index >= 15 is 0 Å². The molecular formula is C11H8BrF3N2O. The largest absolute Gasteiger partial charge is 0.573 e. The molecule has 0 bridgehead atoms. The minimum atomic E-state index is -4.72. The number of hydrogen-bond donors (Lipinski definition) is 1. The molecule has 96 valence electrons. The molecule has 2 N–H and O–H groups in total. The number of halogens is 4. The molecule has 0 aliphatic rings. The minimum Gasteiger partial charge on any atom is -0.406 e. The molecule has 0 saturated carbocycles. The fourth-order valence-corrected chi connectivity index (χ4v) is 1.87. The second-order valence-electron chi connectivity index (χ2n) is 3.65. The summed E-state index contributed by atoms with van der Waals surface area (Å²) < 4.78 is 40.7. The number of nitrogens with two attached hydrogens (primary N) is 1. The number of nitrogens with zero attached hydrogens (tertiary/aromatic N) is 1. The van der Waals surface area contributed by atoms with Gasteiger partial charge in [0.1, 0.15) is 5.75 Å². The molecule has 0 amide bonds. The number of fused-ring (bicyclic) bond motifs is 1. The molecule has 18 heavy (non-hydrogen) atoms. The van der Waals surface area contributed by atoms with Crippen molar-refractivity contribution in [1.82, 2.24) is 4.98 Å². The minimum absolute atomic E-state index is 0.320. The summed E-state index contributed by atoms with van der Waals surface area (Å²) in [5, 5.41) is 0.411. The predicted molar refractivity (Wildman–Crippen MR) is 65.3 cm³/mol. The summed E-state index contributed by atoms with van der Waals surface area (Å²) >= 11 is 3.24. The molecule has 0 spiro atoms. The Labute approximate surface area is 109 Å². The number of alkyl halides is 3. The van der Waals surface area contributed by atoms with Gasteiger partial charge in [0, 0.05) is 5.39 Å². The van der Waals surface area contributed by atoms with Crippen molar-refractivity contribution in [2.75, 3.05) is 5.73 Å². The van der Waals surface area contributed by atoms with Gasteiger partial charge in [-0.05, 0) is 41.1 Å². The molecule has 7 heteroatoms. The van der Waals surface area contributed by atoms with Crippen LogP contribution in [-0.2, 0) is 0 Å². The van der Waals surface area contributed by atoms with Crippen molar-refractivity contribution < 1.29 is 17.9 Å². The molecule has 0 aliphatic heterocycles. The Balaban J connectivity index is 2.58. The molecule has 0 unspecified atom stereocenters. The molecule has 0 aliphatic carbocycles. The molecule has 0 fully saturated rings. The van der Waals surface area contributed by atoms with Gasteiger partial charge in [-0.2, -0.15) is 0 Å². The molecule has 2 rings (SSSR count). The summed E-state index contributed by atoms with van der Waals surface area (Å²) in [5.74, 6) is -0.320. The number of aromatic nitrogens is 1. The van der Waals surface area contributed by atoms with Crippen molar-refractivity contribution in [2.24, 2.45) is 0 Å². The van der Waals surface area contributed by atoms with Crippen LogP contribution in [0.25, 0.3) is 10.9 Å². The number of hydrogen-bond acceptors (Lipinski definition) is 3. The van der Waals surface area contributed by atoms with Crippen LogP contribution in [0.2, 0.25) is 0 Å². The monoisotopic (exact) mass is 320 g/mol. The second kappa shape index (κ2) is 4.31. The van der Waals surface area contributed by atoms with Crippen LogP contribution in [0.4, 0.5) is 18.9 Å². The fourth-order valence-electron chi connectivity index (χ4n) is 1.57. The first-order valence-electron chi connectivity index (χ1n) is 4.89. The van der Waals surface area contributed by atoms with Crippen LogP contribution in [0.15, 0.2) is 22.7 Å². The quantitative estimate of drug-likeness (QED) is 0.869. The molecule has 1 aromatic heterocycles. The third-order valence-electron chi connectivity index (χ3n) is 2.33. The summed E-state index contributed by atoms with van der Waals surface area (Å²) in [6.45, 7) is 1.75. The number of nitrogen functional groups attached to an aromatic ring is 1. The van der Waals surface area contributed by atoms with Crippen LogP contribution in [-0.4, -0.2) is 11.3 Å². The first-order chi connectivity index (χ1) is 8.28. The number of rotatable bonds is 1. The Morgan fingerprint density at radius 1 is 1.33 bits per heavy atom. The summed E-state index contributed by atoms with van der Waals surface area (Å²) in [5.41, 5.74) is 7.35. The lowest BCUT2D eigenvalue weighted by Gasteiger charge is -2.11. The molecule has 0 radical (unpaired) electrons. The highest BCUT2D eigenvalue weighted by Gasteiger charge is 2.31. The molecule has 1 heterocycles. The first kappa shape index (κ1) is 12.9. The molecule has 1 aromatic carbocycles. The normalized spacial score (nSPS) is 11.8. The van der Waals surface area contributed by atoms with Gasteiger partial charge < -0.3 is 10.5 Å². The lowest BCUT2D eigenvalue weighted by Crippen LogP contribution is -2.17. The van der Waals surface area contributed by atoms with Crippen molar-refractivity contribution in [3.8, 4) is 5.75 Å². The van der Waals surface area contributed by atoms with Gasteiger partial charge in [-0.15, -0.1) is 13.2 Å². The highest BCUT2D eigenvalue weighted by atomic mass is 79.9. The first-order valence-corrected chi connectivity index (χ1v) is 5.68.